The maximum absolute atomic E-state index is 11.7. The Morgan fingerprint density at radius 1 is 1.17 bits per heavy atom. The molecule has 23 heavy (non-hydrogen) atoms. The number of carbonyl (C=O) groups excluding carboxylic acids is 2. The predicted molar refractivity (Wildman–Crippen MR) is 84.8 cm³/mol. The molecule has 0 aliphatic heterocycles. The Balaban J connectivity index is 2.06. The highest BCUT2D eigenvalue weighted by molar-refractivity contribution is 6.10. The Bertz CT molecular complexity index is 930. The molecule has 0 saturated carbocycles. The summed E-state index contributed by atoms with van der Waals surface area (Å²) in [5.41, 5.74) is 7.01. The minimum absolute atomic E-state index is 0.0185. The third kappa shape index (κ3) is 2.64. The molecule has 1 aromatic carbocycles. The number of rotatable bonds is 4. The summed E-state index contributed by atoms with van der Waals surface area (Å²) in [6, 6.07) is 7.37. The van der Waals surface area contributed by atoms with Crippen LogP contribution in [-0.2, 0) is 0 Å². The van der Waals surface area contributed by atoms with Crippen molar-refractivity contribution in [2.24, 2.45) is 5.73 Å². The van der Waals surface area contributed by atoms with E-state index in [-0.39, 0.29) is 22.8 Å². The zero-order valence-corrected chi connectivity index (χ0v) is 12.6. The summed E-state index contributed by atoms with van der Waals surface area (Å²) in [5, 5.41) is 2.87. The smallest absolute Gasteiger partial charge is 0.255 e. The van der Waals surface area contributed by atoms with E-state index in [0.717, 1.165) is 5.52 Å². The number of carbonyl (C=O) groups is 2. The largest absolute Gasteiger partial charge is 0.444 e. The Labute approximate surface area is 131 Å². The van der Waals surface area contributed by atoms with Crippen molar-refractivity contribution < 1.29 is 14.0 Å². The summed E-state index contributed by atoms with van der Waals surface area (Å²) in [4.78, 5) is 32.1. The van der Waals surface area contributed by atoms with E-state index in [1.54, 1.807) is 6.92 Å². The molecule has 0 unspecified atom stereocenters. The average Bonchev–Trinajstić information content (AvgIpc) is 2.83. The van der Waals surface area contributed by atoms with Crippen LogP contribution < -0.4 is 11.1 Å². The summed E-state index contributed by atoms with van der Waals surface area (Å²) in [5.74, 6) is -0.247. The van der Waals surface area contributed by atoms with Crippen molar-refractivity contribution in [3.05, 3.63) is 47.3 Å². The molecule has 0 aliphatic rings. The molecule has 0 fully saturated rings. The number of nitrogens with two attached hydrogens (primary N) is 1. The Hall–Kier alpha value is -3.22. The molecule has 0 aliphatic carbocycles. The molecule has 116 valence electrons. The van der Waals surface area contributed by atoms with Crippen molar-refractivity contribution in [2.75, 3.05) is 5.32 Å². The molecule has 7 heteroatoms. The fourth-order valence-electron chi connectivity index (χ4n) is 2.43. The fourth-order valence-corrected chi connectivity index (χ4v) is 2.43. The van der Waals surface area contributed by atoms with Gasteiger partial charge in [0.2, 0.25) is 5.88 Å². The highest BCUT2D eigenvalue weighted by Gasteiger charge is 2.25. The molecule has 3 N–H and O–H groups in total. The van der Waals surface area contributed by atoms with Crippen LogP contribution in [0.1, 0.15) is 33.4 Å². The first kappa shape index (κ1) is 14.7. The molecular formula is C16H14N4O3. The van der Waals surface area contributed by atoms with Crippen LogP contribution in [-0.4, -0.2) is 21.7 Å². The van der Waals surface area contributed by atoms with Crippen LogP contribution in [0.2, 0.25) is 0 Å². The molecule has 3 rings (SSSR count). The number of nitrogens with zero attached hydrogens (tertiary/aromatic N) is 2. The molecule has 7 nitrogen and oxygen atoms in total. The first-order valence-electron chi connectivity index (χ1n) is 6.90. The summed E-state index contributed by atoms with van der Waals surface area (Å²) in [6.07, 6.45) is 1.51. The summed E-state index contributed by atoms with van der Waals surface area (Å²) >= 11 is 0. The van der Waals surface area contributed by atoms with Crippen molar-refractivity contribution in [1.82, 2.24) is 9.97 Å². The van der Waals surface area contributed by atoms with Crippen LogP contribution in [0, 0.1) is 6.92 Å². The van der Waals surface area contributed by atoms with Crippen molar-refractivity contribution in [3.8, 4) is 0 Å². The number of nitrogens with one attached hydrogen (secondary N) is 1. The van der Waals surface area contributed by atoms with Gasteiger partial charge in [-0.25, -0.2) is 4.98 Å². The second-order valence-electron chi connectivity index (χ2n) is 5.03. The molecule has 3 aromatic rings. The van der Waals surface area contributed by atoms with Crippen LogP contribution in [0.15, 0.2) is 34.9 Å². The number of amides is 1. The third-order valence-corrected chi connectivity index (χ3v) is 3.37. The van der Waals surface area contributed by atoms with Gasteiger partial charge in [-0.15, -0.1) is 0 Å². The quantitative estimate of drug-likeness (QED) is 0.716. The Kier molecular flexibility index (Phi) is 3.53. The molecule has 0 radical (unpaired) electrons. The molecule has 0 spiro atoms. The zero-order chi connectivity index (χ0) is 16.6. The van der Waals surface area contributed by atoms with Gasteiger partial charge in [-0.1, -0.05) is 12.1 Å². The van der Waals surface area contributed by atoms with Gasteiger partial charge < -0.3 is 15.5 Å². The maximum Gasteiger partial charge on any atom is 0.255 e. The van der Waals surface area contributed by atoms with Gasteiger partial charge in [0.05, 0.1) is 22.8 Å². The number of hydrogen-bond donors (Lipinski definition) is 2. The van der Waals surface area contributed by atoms with Gasteiger partial charge in [0.15, 0.2) is 11.6 Å². The topological polar surface area (TPSA) is 111 Å². The van der Waals surface area contributed by atoms with Crippen molar-refractivity contribution >= 4 is 34.4 Å². The molecule has 0 bridgehead atoms. The number of primary amides is 1. The maximum atomic E-state index is 11.7. The van der Waals surface area contributed by atoms with Crippen LogP contribution in [0.25, 0.3) is 11.0 Å². The van der Waals surface area contributed by atoms with E-state index in [9.17, 15) is 9.59 Å². The van der Waals surface area contributed by atoms with E-state index < -0.39 is 5.91 Å². The lowest BCUT2D eigenvalue weighted by Crippen LogP contribution is -2.16. The predicted octanol–water partition coefficient (Wildman–Crippen LogP) is 2.58. The Morgan fingerprint density at radius 3 is 2.52 bits per heavy atom. The van der Waals surface area contributed by atoms with Crippen molar-refractivity contribution in [2.45, 2.75) is 13.8 Å². The van der Waals surface area contributed by atoms with E-state index in [4.69, 9.17) is 10.2 Å². The molecule has 0 saturated heterocycles. The molecule has 1 amide bonds. The number of furan rings is 1. The van der Waals surface area contributed by atoms with Crippen LogP contribution in [0.3, 0.4) is 0 Å². The summed E-state index contributed by atoms with van der Waals surface area (Å²) in [6.45, 7) is 2.95. The lowest BCUT2D eigenvalue weighted by atomic mass is 10.1. The second kappa shape index (κ2) is 5.53. The molecule has 2 heterocycles. The number of benzene rings is 1. The first-order chi connectivity index (χ1) is 11.0. The van der Waals surface area contributed by atoms with Gasteiger partial charge in [-0.05, 0) is 26.0 Å². The SMILES string of the molecule is CC(=O)c1c(C)oc(Nc2cnc3ccccc3n2)c1C(N)=O. The number of hydrogen-bond acceptors (Lipinski definition) is 6. The Morgan fingerprint density at radius 2 is 1.87 bits per heavy atom. The van der Waals surface area contributed by atoms with Gasteiger partial charge in [-0.2, -0.15) is 0 Å². The fraction of sp³-hybridized carbons (Fsp3) is 0.125. The molecular weight excluding hydrogens is 296 g/mol. The highest BCUT2D eigenvalue weighted by Crippen LogP contribution is 2.29. The van der Waals surface area contributed by atoms with E-state index in [1.807, 2.05) is 24.3 Å². The van der Waals surface area contributed by atoms with Crippen molar-refractivity contribution in [3.63, 3.8) is 0 Å². The number of aryl methyl sites for hydroxylation is 1. The number of Topliss-reactive ketones (excluding diaryl/α,β-unsaturated/α-hetero) is 1. The third-order valence-electron chi connectivity index (χ3n) is 3.37. The van der Waals surface area contributed by atoms with Gasteiger partial charge in [0.25, 0.3) is 5.91 Å². The average molecular weight is 310 g/mol. The van der Waals surface area contributed by atoms with Crippen LogP contribution in [0.4, 0.5) is 11.7 Å². The normalized spacial score (nSPS) is 10.7. The number of anilines is 2. The first-order valence-corrected chi connectivity index (χ1v) is 6.90. The zero-order valence-electron chi connectivity index (χ0n) is 12.6. The van der Waals surface area contributed by atoms with E-state index >= 15 is 0 Å². The molecule has 2 aromatic heterocycles. The lowest BCUT2D eigenvalue weighted by Gasteiger charge is -2.05. The van der Waals surface area contributed by atoms with Gasteiger partial charge in [0, 0.05) is 0 Å². The van der Waals surface area contributed by atoms with Gasteiger partial charge in [0.1, 0.15) is 11.3 Å². The lowest BCUT2D eigenvalue weighted by molar-refractivity contribution is 0.0974. The standard InChI is InChI=1S/C16H14N4O3/c1-8(21)13-9(2)23-16(14(13)15(17)22)20-12-7-18-10-5-3-4-6-11(10)19-12/h3-7H,1-2H3,(H2,17,22)(H,19,20). The minimum atomic E-state index is -0.747. The van der Waals surface area contributed by atoms with Gasteiger partial charge >= 0.3 is 0 Å². The highest BCUT2D eigenvalue weighted by atomic mass is 16.4. The molecule has 0 atom stereocenters. The van der Waals surface area contributed by atoms with Crippen LogP contribution >= 0.6 is 0 Å². The summed E-state index contributed by atoms with van der Waals surface area (Å²) in [7, 11) is 0. The number of fused-ring (bicyclic) bond motifs is 1. The van der Waals surface area contributed by atoms with Gasteiger partial charge in [-0.3, -0.25) is 14.6 Å². The number of ketones is 1. The number of aromatic nitrogens is 2. The second-order valence-corrected chi connectivity index (χ2v) is 5.03. The van der Waals surface area contributed by atoms with E-state index in [1.165, 1.54) is 13.1 Å². The van der Waals surface area contributed by atoms with Crippen molar-refractivity contribution in [1.29, 1.82) is 0 Å². The number of para-hydroxylation sites is 2. The van der Waals surface area contributed by atoms with Crippen LogP contribution in [0.5, 0.6) is 0 Å². The minimum Gasteiger partial charge on any atom is -0.444 e. The van der Waals surface area contributed by atoms with E-state index in [0.29, 0.717) is 17.1 Å². The van der Waals surface area contributed by atoms with E-state index in [2.05, 4.69) is 15.3 Å². The summed E-state index contributed by atoms with van der Waals surface area (Å²) < 4.78 is 5.48. The monoisotopic (exact) mass is 310 g/mol.